The third-order valence-electron chi connectivity index (χ3n) is 4.53. The number of β-amino-alcohol motifs (C(OH)–C–C–N with tert-alkyl or cyclic N) is 1. The maximum absolute atomic E-state index is 12.6. The summed E-state index contributed by atoms with van der Waals surface area (Å²) >= 11 is 0. The first-order chi connectivity index (χ1) is 12.0. The summed E-state index contributed by atoms with van der Waals surface area (Å²) in [4.78, 5) is 24.7. The summed E-state index contributed by atoms with van der Waals surface area (Å²) in [5.41, 5.74) is 0.722. The van der Waals surface area contributed by atoms with E-state index < -0.39 is 5.60 Å². The van der Waals surface area contributed by atoms with Gasteiger partial charge in [0.1, 0.15) is 0 Å². The van der Waals surface area contributed by atoms with E-state index >= 15 is 0 Å². The molecular weight excluding hydrogens is 316 g/mol. The van der Waals surface area contributed by atoms with E-state index in [4.69, 9.17) is 0 Å². The van der Waals surface area contributed by atoms with Gasteiger partial charge < -0.3 is 14.9 Å². The van der Waals surface area contributed by atoms with Crippen LogP contribution in [-0.4, -0.2) is 58.2 Å². The number of aryl methyl sites for hydroxylation is 1. The summed E-state index contributed by atoms with van der Waals surface area (Å²) in [7, 11) is 1.74. The molecule has 0 saturated carbocycles. The first kappa shape index (κ1) is 17.4. The largest absolute Gasteiger partial charge is 0.386 e. The van der Waals surface area contributed by atoms with Gasteiger partial charge in [0.2, 0.25) is 5.95 Å². The van der Waals surface area contributed by atoms with Gasteiger partial charge in [-0.15, -0.1) is 0 Å². The van der Waals surface area contributed by atoms with E-state index in [1.165, 1.54) is 0 Å². The SMILES string of the molecule is Cc1cccc(C(=O)N(C)C[C@@]2(O)CCCN(c3ncccn3)C2)c1. The molecule has 25 heavy (non-hydrogen) atoms. The number of nitrogens with zero attached hydrogens (tertiary/aromatic N) is 4. The quantitative estimate of drug-likeness (QED) is 0.920. The highest BCUT2D eigenvalue weighted by Crippen LogP contribution is 2.25. The van der Waals surface area contributed by atoms with Crippen molar-refractivity contribution in [1.29, 1.82) is 0 Å². The van der Waals surface area contributed by atoms with Gasteiger partial charge in [-0.1, -0.05) is 17.7 Å². The average molecular weight is 340 g/mol. The van der Waals surface area contributed by atoms with E-state index in [2.05, 4.69) is 9.97 Å². The molecule has 1 aliphatic rings. The minimum atomic E-state index is -0.967. The lowest BCUT2D eigenvalue weighted by Crippen LogP contribution is -2.55. The predicted molar refractivity (Wildman–Crippen MR) is 96.6 cm³/mol. The maximum atomic E-state index is 12.6. The van der Waals surface area contributed by atoms with Crippen molar-refractivity contribution in [3.63, 3.8) is 0 Å². The van der Waals surface area contributed by atoms with Gasteiger partial charge in [-0.3, -0.25) is 4.79 Å². The smallest absolute Gasteiger partial charge is 0.253 e. The van der Waals surface area contributed by atoms with Crippen LogP contribution in [0.25, 0.3) is 0 Å². The lowest BCUT2D eigenvalue weighted by atomic mass is 9.92. The van der Waals surface area contributed by atoms with E-state index in [-0.39, 0.29) is 12.5 Å². The van der Waals surface area contributed by atoms with Crippen LogP contribution in [0.1, 0.15) is 28.8 Å². The van der Waals surface area contributed by atoms with Gasteiger partial charge in [0, 0.05) is 31.5 Å². The van der Waals surface area contributed by atoms with Crippen LogP contribution < -0.4 is 4.90 Å². The van der Waals surface area contributed by atoms with E-state index in [1.54, 1.807) is 36.5 Å². The van der Waals surface area contributed by atoms with Crippen LogP contribution in [0, 0.1) is 6.92 Å². The molecule has 132 valence electrons. The summed E-state index contributed by atoms with van der Waals surface area (Å²) in [5, 5.41) is 11.0. The van der Waals surface area contributed by atoms with Crippen LogP contribution in [0.5, 0.6) is 0 Å². The monoisotopic (exact) mass is 340 g/mol. The van der Waals surface area contributed by atoms with Crippen LogP contribution in [0.15, 0.2) is 42.7 Å². The Labute approximate surface area is 148 Å². The van der Waals surface area contributed by atoms with Gasteiger partial charge in [-0.05, 0) is 38.0 Å². The molecule has 0 bridgehead atoms. The van der Waals surface area contributed by atoms with Crippen LogP contribution in [0.2, 0.25) is 0 Å². The fourth-order valence-corrected chi connectivity index (χ4v) is 3.38. The second-order valence-corrected chi connectivity index (χ2v) is 6.83. The standard InChI is InChI=1S/C19H24N4O2/c1-15-6-3-7-16(12-15)17(24)22(2)13-19(25)8-4-11-23(14-19)18-20-9-5-10-21-18/h3,5-7,9-10,12,25H,4,8,11,13-14H2,1-2H3/t19-/m0/s1. The summed E-state index contributed by atoms with van der Waals surface area (Å²) in [5.74, 6) is 0.540. The number of aliphatic hydroxyl groups is 1. The topological polar surface area (TPSA) is 69.6 Å². The molecule has 0 unspecified atom stereocenters. The highest BCUT2D eigenvalue weighted by molar-refractivity contribution is 5.94. The van der Waals surface area contributed by atoms with Gasteiger partial charge in [0.25, 0.3) is 5.91 Å². The molecule has 1 aromatic carbocycles. The lowest BCUT2D eigenvalue weighted by molar-refractivity contribution is -0.000296. The summed E-state index contributed by atoms with van der Waals surface area (Å²) in [6.07, 6.45) is 4.88. The molecule has 6 nitrogen and oxygen atoms in total. The lowest BCUT2D eigenvalue weighted by Gasteiger charge is -2.41. The molecule has 0 spiro atoms. The Morgan fingerprint density at radius 3 is 2.80 bits per heavy atom. The van der Waals surface area contributed by atoms with Crippen molar-refractivity contribution in [2.75, 3.05) is 31.6 Å². The second kappa shape index (κ2) is 7.19. The molecular formula is C19H24N4O2. The Bertz CT molecular complexity index is 737. The Balaban J connectivity index is 1.69. The number of likely N-dealkylation sites (N-methyl/N-ethyl adjacent to an activating group) is 1. The fourth-order valence-electron chi connectivity index (χ4n) is 3.38. The number of carbonyl (C=O) groups excluding carboxylic acids is 1. The number of piperidine rings is 1. The summed E-state index contributed by atoms with van der Waals surface area (Å²) < 4.78 is 0. The minimum absolute atomic E-state index is 0.0785. The van der Waals surface area contributed by atoms with Crippen molar-refractivity contribution in [3.05, 3.63) is 53.9 Å². The number of anilines is 1. The van der Waals surface area contributed by atoms with Crippen molar-refractivity contribution < 1.29 is 9.90 Å². The number of amides is 1. The molecule has 0 aliphatic carbocycles. The number of carbonyl (C=O) groups is 1. The fraction of sp³-hybridized carbons (Fsp3) is 0.421. The van der Waals surface area contributed by atoms with E-state index in [0.29, 0.717) is 24.5 Å². The minimum Gasteiger partial charge on any atom is -0.386 e. The Morgan fingerprint density at radius 2 is 2.08 bits per heavy atom. The molecule has 1 fully saturated rings. The van der Waals surface area contributed by atoms with Crippen molar-refractivity contribution in [3.8, 4) is 0 Å². The molecule has 1 N–H and O–H groups in total. The highest BCUT2D eigenvalue weighted by Gasteiger charge is 2.36. The number of aromatic nitrogens is 2. The molecule has 2 aromatic rings. The first-order valence-electron chi connectivity index (χ1n) is 8.53. The molecule has 3 rings (SSSR count). The van der Waals surface area contributed by atoms with Gasteiger partial charge in [-0.25, -0.2) is 9.97 Å². The van der Waals surface area contributed by atoms with Gasteiger partial charge in [0.15, 0.2) is 0 Å². The van der Waals surface area contributed by atoms with E-state index in [1.807, 2.05) is 30.0 Å². The van der Waals surface area contributed by atoms with Crippen molar-refractivity contribution in [2.45, 2.75) is 25.4 Å². The Hall–Kier alpha value is -2.47. The van der Waals surface area contributed by atoms with Crippen molar-refractivity contribution in [2.24, 2.45) is 0 Å². The Kier molecular flexibility index (Phi) is 4.99. The average Bonchev–Trinajstić information content (AvgIpc) is 2.61. The normalized spacial score (nSPS) is 20.4. The zero-order chi connectivity index (χ0) is 17.9. The van der Waals surface area contributed by atoms with Gasteiger partial charge in [-0.2, -0.15) is 0 Å². The molecule has 1 aromatic heterocycles. The number of hydrogen-bond acceptors (Lipinski definition) is 5. The van der Waals surface area contributed by atoms with Crippen LogP contribution in [0.3, 0.4) is 0 Å². The number of hydrogen-bond donors (Lipinski definition) is 1. The summed E-state index contributed by atoms with van der Waals surface area (Å²) in [6, 6.07) is 9.28. The number of rotatable bonds is 4. The Morgan fingerprint density at radius 1 is 1.32 bits per heavy atom. The maximum Gasteiger partial charge on any atom is 0.253 e. The molecule has 1 aliphatic heterocycles. The molecule has 2 heterocycles. The molecule has 1 amide bonds. The third-order valence-corrected chi connectivity index (χ3v) is 4.53. The van der Waals surface area contributed by atoms with Crippen molar-refractivity contribution >= 4 is 11.9 Å². The van der Waals surface area contributed by atoms with Crippen LogP contribution in [-0.2, 0) is 0 Å². The highest BCUT2D eigenvalue weighted by atomic mass is 16.3. The molecule has 1 saturated heterocycles. The summed E-state index contributed by atoms with van der Waals surface area (Å²) in [6.45, 7) is 3.47. The first-order valence-corrected chi connectivity index (χ1v) is 8.53. The van der Waals surface area contributed by atoms with E-state index in [9.17, 15) is 9.90 Å². The molecule has 6 heteroatoms. The van der Waals surface area contributed by atoms with E-state index in [0.717, 1.165) is 18.5 Å². The van der Waals surface area contributed by atoms with Crippen LogP contribution >= 0.6 is 0 Å². The zero-order valence-corrected chi connectivity index (χ0v) is 14.7. The zero-order valence-electron chi connectivity index (χ0n) is 14.7. The van der Waals surface area contributed by atoms with Gasteiger partial charge >= 0.3 is 0 Å². The number of benzene rings is 1. The third kappa shape index (κ3) is 4.14. The molecule has 0 radical (unpaired) electrons. The second-order valence-electron chi connectivity index (χ2n) is 6.83. The predicted octanol–water partition coefficient (Wildman–Crippen LogP) is 1.89. The van der Waals surface area contributed by atoms with Gasteiger partial charge in [0.05, 0.1) is 18.7 Å². The molecule has 1 atom stereocenters. The van der Waals surface area contributed by atoms with Crippen LogP contribution in [0.4, 0.5) is 5.95 Å². The van der Waals surface area contributed by atoms with Crippen molar-refractivity contribution in [1.82, 2.24) is 14.9 Å².